The Morgan fingerprint density at radius 2 is 2.35 bits per heavy atom. The monoisotopic (exact) mass is 254 g/mol. The number of halogens is 1. The second-order valence-electron chi connectivity index (χ2n) is 3.54. The highest BCUT2D eigenvalue weighted by Crippen LogP contribution is 2.32. The Morgan fingerprint density at radius 3 is 2.88 bits per heavy atom. The van der Waals surface area contributed by atoms with Gasteiger partial charge in [-0.05, 0) is 13.8 Å². The summed E-state index contributed by atoms with van der Waals surface area (Å²) in [5.74, 6) is -0.685. The van der Waals surface area contributed by atoms with Gasteiger partial charge in [0.05, 0.1) is 16.9 Å². The van der Waals surface area contributed by atoms with Gasteiger partial charge in [0.1, 0.15) is 5.76 Å². The molecule has 0 aromatic carbocycles. The third kappa shape index (κ3) is 1.93. The van der Waals surface area contributed by atoms with Crippen LogP contribution in [0.25, 0.3) is 11.3 Å². The maximum atomic E-state index is 10.8. The second kappa shape index (κ2) is 4.25. The van der Waals surface area contributed by atoms with Crippen LogP contribution in [0, 0.1) is 6.92 Å². The van der Waals surface area contributed by atoms with Gasteiger partial charge in [0.25, 0.3) is 0 Å². The number of aromatic carboxylic acids is 1. The summed E-state index contributed by atoms with van der Waals surface area (Å²) in [6.07, 6.45) is 1.53. The Balaban J connectivity index is 2.59. The summed E-state index contributed by atoms with van der Waals surface area (Å²) in [5.41, 5.74) is 1.34. The van der Waals surface area contributed by atoms with E-state index < -0.39 is 5.97 Å². The fraction of sp³-hybridized carbons (Fsp3) is 0.273. The van der Waals surface area contributed by atoms with Crippen LogP contribution in [0.5, 0.6) is 0 Å². The Morgan fingerprint density at radius 1 is 1.65 bits per heavy atom. The molecule has 0 fully saturated rings. The van der Waals surface area contributed by atoms with E-state index in [1.54, 1.807) is 11.6 Å². The van der Waals surface area contributed by atoms with Gasteiger partial charge in [0, 0.05) is 18.2 Å². The lowest BCUT2D eigenvalue weighted by atomic mass is 10.2. The Kier molecular flexibility index (Phi) is 2.93. The number of aryl methyl sites for hydroxylation is 2. The predicted molar refractivity (Wildman–Crippen MR) is 62.3 cm³/mol. The van der Waals surface area contributed by atoms with E-state index in [0.717, 1.165) is 0 Å². The highest BCUT2D eigenvalue weighted by atomic mass is 35.5. The molecule has 0 saturated carbocycles. The van der Waals surface area contributed by atoms with Crippen LogP contribution < -0.4 is 0 Å². The lowest BCUT2D eigenvalue weighted by Crippen LogP contribution is -1.99. The van der Waals surface area contributed by atoms with Crippen molar-refractivity contribution < 1.29 is 14.3 Å². The van der Waals surface area contributed by atoms with Crippen molar-refractivity contribution in [2.45, 2.75) is 20.4 Å². The molecule has 0 unspecified atom stereocenters. The molecule has 2 aromatic heterocycles. The number of carboxylic acids is 1. The number of furan rings is 1. The van der Waals surface area contributed by atoms with Crippen molar-refractivity contribution >= 4 is 17.6 Å². The van der Waals surface area contributed by atoms with Gasteiger partial charge in [-0.2, -0.15) is 5.10 Å². The van der Waals surface area contributed by atoms with Gasteiger partial charge in [-0.25, -0.2) is 4.79 Å². The van der Waals surface area contributed by atoms with E-state index in [1.807, 2.05) is 6.92 Å². The van der Waals surface area contributed by atoms with Crippen molar-refractivity contribution in [3.05, 3.63) is 28.8 Å². The molecular formula is C11H11ClN2O3. The molecular weight excluding hydrogens is 244 g/mol. The van der Waals surface area contributed by atoms with Gasteiger partial charge in [0.15, 0.2) is 0 Å². The summed E-state index contributed by atoms with van der Waals surface area (Å²) < 4.78 is 6.86. The molecule has 2 heterocycles. The SMILES string of the molecule is CCn1ncc(Cl)c1-c1cc(C(=O)O)oc1C. The Labute approximate surface area is 103 Å². The van der Waals surface area contributed by atoms with Crippen molar-refractivity contribution in [1.29, 1.82) is 0 Å². The van der Waals surface area contributed by atoms with Crippen LogP contribution in [-0.4, -0.2) is 20.9 Å². The number of aromatic nitrogens is 2. The highest BCUT2D eigenvalue weighted by molar-refractivity contribution is 6.33. The second-order valence-corrected chi connectivity index (χ2v) is 3.95. The maximum Gasteiger partial charge on any atom is 0.371 e. The molecule has 0 saturated heterocycles. The number of rotatable bonds is 3. The zero-order chi connectivity index (χ0) is 12.6. The zero-order valence-corrected chi connectivity index (χ0v) is 10.2. The fourth-order valence-electron chi connectivity index (χ4n) is 1.69. The lowest BCUT2D eigenvalue weighted by Gasteiger charge is -2.03. The van der Waals surface area contributed by atoms with E-state index in [2.05, 4.69) is 5.10 Å². The number of hydrogen-bond acceptors (Lipinski definition) is 3. The average molecular weight is 255 g/mol. The first-order valence-corrected chi connectivity index (χ1v) is 5.47. The standard InChI is InChI=1S/C11H11ClN2O3/c1-3-14-10(8(12)5-13-14)7-4-9(11(15)16)17-6(7)2/h4-5H,3H2,1-2H3,(H,15,16). The van der Waals surface area contributed by atoms with Gasteiger partial charge in [-0.3, -0.25) is 4.68 Å². The quantitative estimate of drug-likeness (QED) is 0.914. The summed E-state index contributed by atoms with van der Waals surface area (Å²) in [7, 11) is 0. The van der Waals surface area contributed by atoms with Crippen LogP contribution in [0.3, 0.4) is 0 Å². The first-order chi connectivity index (χ1) is 8.04. The van der Waals surface area contributed by atoms with Gasteiger partial charge < -0.3 is 9.52 Å². The topological polar surface area (TPSA) is 68.3 Å². The maximum absolute atomic E-state index is 10.8. The number of carboxylic acid groups (broad SMARTS) is 1. The third-order valence-electron chi connectivity index (χ3n) is 2.48. The molecule has 0 spiro atoms. The van der Waals surface area contributed by atoms with Crippen LogP contribution >= 0.6 is 11.6 Å². The molecule has 0 amide bonds. The molecule has 2 rings (SSSR count). The molecule has 0 bridgehead atoms. The Hall–Kier alpha value is -1.75. The molecule has 0 radical (unpaired) electrons. The van der Waals surface area contributed by atoms with E-state index in [9.17, 15) is 4.79 Å². The van der Waals surface area contributed by atoms with Crippen molar-refractivity contribution in [1.82, 2.24) is 9.78 Å². The Bertz CT molecular complexity index is 571. The molecule has 90 valence electrons. The first-order valence-electron chi connectivity index (χ1n) is 5.10. The lowest BCUT2D eigenvalue weighted by molar-refractivity contribution is 0.0661. The van der Waals surface area contributed by atoms with Crippen LogP contribution in [0.4, 0.5) is 0 Å². The van der Waals surface area contributed by atoms with Gasteiger partial charge in [0.2, 0.25) is 5.76 Å². The van der Waals surface area contributed by atoms with E-state index in [0.29, 0.717) is 28.6 Å². The van der Waals surface area contributed by atoms with Crippen LogP contribution in [0.15, 0.2) is 16.7 Å². The largest absolute Gasteiger partial charge is 0.475 e. The normalized spacial score (nSPS) is 10.8. The van der Waals surface area contributed by atoms with Crippen molar-refractivity contribution in [3.63, 3.8) is 0 Å². The van der Waals surface area contributed by atoms with Gasteiger partial charge in [-0.15, -0.1) is 0 Å². The van der Waals surface area contributed by atoms with E-state index in [-0.39, 0.29) is 5.76 Å². The molecule has 5 nitrogen and oxygen atoms in total. The molecule has 2 aromatic rings. The summed E-state index contributed by atoms with van der Waals surface area (Å²) in [6, 6.07) is 1.46. The number of hydrogen-bond donors (Lipinski definition) is 1. The van der Waals surface area contributed by atoms with Crippen molar-refractivity contribution in [3.8, 4) is 11.3 Å². The number of nitrogens with zero attached hydrogens (tertiary/aromatic N) is 2. The van der Waals surface area contributed by atoms with Crippen LogP contribution in [-0.2, 0) is 6.54 Å². The summed E-state index contributed by atoms with van der Waals surface area (Å²) in [5, 5.41) is 13.4. The molecule has 0 aliphatic rings. The minimum absolute atomic E-state index is 0.0996. The van der Waals surface area contributed by atoms with Crippen LogP contribution in [0.1, 0.15) is 23.2 Å². The molecule has 0 aliphatic carbocycles. The van der Waals surface area contributed by atoms with E-state index in [4.69, 9.17) is 21.1 Å². The molecule has 17 heavy (non-hydrogen) atoms. The van der Waals surface area contributed by atoms with Crippen molar-refractivity contribution in [2.75, 3.05) is 0 Å². The minimum atomic E-state index is -1.10. The highest BCUT2D eigenvalue weighted by Gasteiger charge is 2.19. The van der Waals surface area contributed by atoms with Crippen molar-refractivity contribution in [2.24, 2.45) is 0 Å². The first kappa shape index (κ1) is 11.7. The molecule has 0 aliphatic heterocycles. The van der Waals surface area contributed by atoms with E-state index >= 15 is 0 Å². The fourth-order valence-corrected chi connectivity index (χ4v) is 1.94. The minimum Gasteiger partial charge on any atom is -0.475 e. The molecule has 1 N–H and O–H groups in total. The molecule has 0 atom stereocenters. The predicted octanol–water partition coefficient (Wildman–Crippen LogP) is 2.82. The summed E-state index contributed by atoms with van der Waals surface area (Å²) in [4.78, 5) is 10.8. The number of carbonyl (C=O) groups is 1. The zero-order valence-electron chi connectivity index (χ0n) is 9.40. The van der Waals surface area contributed by atoms with Crippen LogP contribution in [0.2, 0.25) is 5.02 Å². The third-order valence-corrected chi connectivity index (χ3v) is 2.75. The average Bonchev–Trinajstić information content (AvgIpc) is 2.81. The van der Waals surface area contributed by atoms with Gasteiger partial charge in [-0.1, -0.05) is 11.6 Å². The van der Waals surface area contributed by atoms with E-state index in [1.165, 1.54) is 12.3 Å². The van der Waals surface area contributed by atoms with Gasteiger partial charge >= 0.3 is 5.97 Å². The smallest absolute Gasteiger partial charge is 0.371 e. The molecule has 6 heteroatoms. The summed E-state index contributed by atoms with van der Waals surface area (Å²) >= 11 is 6.05. The summed E-state index contributed by atoms with van der Waals surface area (Å²) in [6.45, 7) is 4.28.